The molecule has 4 nitrogen and oxygen atoms in total. The fourth-order valence-electron chi connectivity index (χ4n) is 3.50. The van der Waals surface area contributed by atoms with Crippen molar-refractivity contribution in [3.8, 4) is 0 Å². The molecule has 2 fully saturated rings. The van der Waals surface area contributed by atoms with Crippen LogP contribution in [0.1, 0.15) is 49.4 Å². The molecule has 0 spiro atoms. The molecule has 24 heavy (non-hydrogen) atoms. The van der Waals surface area contributed by atoms with Gasteiger partial charge < -0.3 is 10.6 Å². The molecule has 4 heteroatoms. The van der Waals surface area contributed by atoms with Crippen molar-refractivity contribution in [3.63, 3.8) is 0 Å². The van der Waals surface area contributed by atoms with Gasteiger partial charge in [-0.3, -0.25) is 9.69 Å². The van der Waals surface area contributed by atoms with E-state index in [0.717, 1.165) is 19.0 Å². The third-order valence-corrected chi connectivity index (χ3v) is 5.50. The van der Waals surface area contributed by atoms with Crippen LogP contribution in [-0.2, 0) is 4.79 Å². The monoisotopic (exact) mass is 327 g/mol. The van der Waals surface area contributed by atoms with Crippen molar-refractivity contribution in [2.45, 2.75) is 44.3 Å². The highest BCUT2D eigenvalue weighted by Crippen LogP contribution is 2.41. The van der Waals surface area contributed by atoms with E-state index < -0.39 is 0 Å². The lowest BCUT2D eigenvalue weighted by atomic mass is 9.93. The molecule has 1 aromatic carbocycles. The number of carbonyl (C=O) groups excluding carboxylic acids is 1. The van der Waals surface area contributed by atoms with Crippen molar-refractivity contribution in [2.75, 3.05) is 20.1 Å². The summed E-state index contributed by atoms with van der Waals surface area (Å²) in [6, 6.07) is 9.63. The van der Waals surface area contributed by atoms with Gasteiger partial charge in [-0.2, -0.15) is 0 Å². The Bertz CT molecular complexity index is 585. The summed E-state index contributed by atoms with van der Waals surface area (Å²) in [5.74, 6) is 0.884. The van der Waals surface area contributed by atoms with Gasteiger partial charge in [0.15, 0.2) is 0 Å². The first-order chi connectivity index (χ1) is 11.5. The van der Waals surface area contributed by atoms with Crippen LogP contribution in [-0.4, -0.2) is 41.9 Å². The third-order valence-electron chi connectivity index (χ3n) is 5.50. The molecular formula is C20H29N3O. The summed E-state index contributed by atoms with van der Waals surface area (Å²) >= 11 is 0. The first-order valence-electron chi connectivity index (χ1n) is 8.98. The standard InChI is InChI=1S/C20H29N3O/c1-4-20(24)22(3)18-12-23(13-18)19(11-15-5-6-15)17-9-7-16(8-10-17)14(2)21/h4,7-10,14-15,18-19H,1,5-6,11-13,21H2,2-3H3/t14-,19?/m0/s1. The quantitative estimate of drug-likeness (QED) is 0.784. The summed E-state index contributed by atoms with van der Waals surface area (Å²) in [6.45, 7) is 7.49. The molecule has 0 aromatic heterocycles. The van der Waals surface area contributed by atoms with Crippen molar-refractivity contribution in [3.05, 3.63) is 48.0 Å². The normalized spacial score (nSPS) is 21.0. The molecular weight excluding hydrogens is 298 g/mol. The number of likely N-dealkylation sites (N-methyl/N-ethyl adjacent to an activating group) is 1. The third kappa shape index (κ3) is 3.70. The predicted molar refractivity (Wildman–Crippen MR) is 97.5 cm³/mol. The second-order valence-corrected chi connectivity index (χ2v) is 7.41. The van der Waals surface area contributed by atoms with E-state index in [-0.39, 0.29) is 11.9 Å². The topological polar surface area (TPSA) is 49.6 Å². The van der Waals surface area contributed by atoms with Gasteiger partial charge in [0.25, 0.3) is 0 Å². The van der Waals surface area contributed by atoms with Crippen LogP contribution in [0.2, 0.25) is 0 Å². The van der Waals surface area contributed by atoms with E-state index >= 15 is 0 Å². The number of nitrogens with two attached hydrogens (primary N) is 1. The van der Waals surface area contributed by atoms with Crippen molar-refractivity contribution >= 4 is 5.91 Å². The highest BCUT2D eigenvalue weighted by atomic mass is 16.2. The molecule has 1 saturated heterocycles. The maximum atomic E-state index is 11.8. The fourth-order valence-corrected chi connectivity index (χ4v) is 3.50. The minimum absolute atomic E-state index is 0.0136. The number of hydrogen-bond acceptors (Lipinski definition) is 3. The lowest BCUT2D eigenvalue weighted by Crippen LogP contribution is -2.60. The Morgan fingerprint density at radius 3 is 2.42 bits per heavy atom. The van der Waals surface area contributed by atoms with Crippen molar-refractivity contribution in [1.29, 1.82) is 0 Å². The van der Waals surface area contributed by atoms with Gasteiger partial charge in [0.2, 0.25) is 5.91 Å². The first-order valence-corrected chi connectivity index (χ1v) is 8.98. The summed E-state index contributed by atoms with van der Waals surface area (Å²) in [6.07, 6.45) is 5.35. The SMILES string of the molecule is C=CC(=O)N(C)C1CN(C(CC2CC2)c2ccc([C@H](C)N)cc2)C1. The van der Waals surface area contributed by atoms with E-state index in [2.05, 4.69) is 35.7 Å². The number of likely N-dealkylation sites (tertiary alicyclic amines) is 1. The van der Waals surface area contributed by atoms with Crippen LogP contribution in [0.5, 0.6) is 0 Å². The van der Waals surface area contributed by atoms with Crippen molar-refractivity contribution in [1.82, 2.24) is 9.80 Å². The lowest BCUT2D eigenvalue weighted by molar-refractivity contribution is -0.130. The summed E-state index contributed by atoms with van der Waals surface area (Å²) in [4.78, 5) is 16.1. The van der Waals surface area contributed by atoms with E-state index in [1.807, 2.05) is 18.9 Å². The molecule has 130 valence electrons. The summed E-state index contributed by atoms with van der Waals surface area (Å²) in [5, 5.41) is 0. The molecule has 2 N–H and O–H groups in total. The molecule has 1 saturated carbocycles. The Morgan fingerprint density at radius 1 is 1.33 bits per heavy atom. The molecule has 1 unspecified atom stereocenters. The molecule has 1 aliphatic heterocycles. The zero-order chi connectivity index (χ0) is 17.3. The van der Waals surface area contributed by atoms with Gasteiger partial charge >= 0.3 is 0 Å². The van der Waals surface area contributed by atoms with Crippen LogP contribution in [0, 0.1) is 5.92 Å². The largest absolute Gasteiger partial charge is 0.337 e. The molecule has 2 aliphatic rings. The smallest absolute Gasteiger partial charge is 0.246 e. The molecule has 2 atom stereocenters. The van der Waals surface area contributed by atoms with Crippen LogP contribution >= 0.6 is 0 Å². The predicted octanol–water partition coefficient (Wildman–Crippen LogP) is 2.88. The zero-order valence-electron chi connectivity index (χ0n) is 14.8. The van der Waals surface area contributed by atoms with Gasteiger partial charge in [0.1, 0.15) is 0 Å². The van der Waals surface area contributed by atoms with Gasteiger partial charge in [-0.15, -0.1) is 0 Å². The minimum atomic E-state index is 0.0136. The van der Waals surface area contributed by atoms with Crippen LogP contribution in [0.25, 0.3) is 0 Å². The molecule has 1 aliphatic carbocycles. The number of nitrogens with zero attached hydrogens (tertiary/aromatic N) is 2. The highest BCUT2D eigenvalue weighted by molar-refractivity contribution is 5.87. The van der Waals surface area contributed by atoms with Crippen LogP contribution in [0.15, 0.2) is 36.9 Å². The summed E-state index contributed by atoms with van der Waals surface area (Å²) < 4.78 is 0. The van der Waals surface area contributed by atoms with E-state index in [9.17, 15) is 4.79 Å². The van der Waals surface area contributed by atoms with Crippen LogP contribution < -0.4 is 5.73 Å². The Labute approximate surface area is 145 Å². The van der Waals surface area contributed by atoms with E-state index in [1.165, 1.54) is 36.5 Å². The molecule has 1 aromatic rings. The maximum absolute atomic E-state index is 11.8. The number of hydrogen-bond donors (Lipinski definition) is 1. The molecule has 1 amide bonds. The second kappa shape index (κ2) is 7.08. The number of benzene rings is 1. The average Bonchev–Trinajstić information content (AvgIpc) is 3.35. The van der Waals surface area contributed by atoms with Gasteiger partial charge in [0, 0.05) is 32.2 Å². The van der Waals surface area contributed by atoms with Crippen LogP contribution in [0.4, 0.5) is 0 Å². The molecule has 3 rings (SSSR count). The number of carbonyl (C=O) groups is 1. The second-order valence-electron chi connectivity index (χ2n) is 7.41. The average molecular weight is 327 g/mol. The Kier molecular flexibility index (Phi) is 5.07. The fraction of sp³-hybridized carbons (Fsp3) is 0.550. The zero-order valence-corrected chi connectivity index (χ0v) is 14.8. The molecule has 1 heterocycles. The molecule has 0 bridgehead atoms. The van der Waals surface area contributed by atoms with E-state index in [0.29, 0.717) is 12.1 Å². The van der Waals surface area contributed by atoms with Gasteiger partial charge in [-0.1, -0.05) is 43.7 Å². The number of rotatable bonds is 7. The minimum Gasteiger partial charge on any atom is -0.337 e. The van der Waals surface area contributed by atoms with E-state index in [4.69, 9.17) is 5.73 Å². The van der Waals surface area contributed by atoms with Gasteiger partial charge in [-0.25, -0.2) is 0 Å². The van der Waals surface area contributed by atoms with Gasteiger partial charge in [-0.05, 0) is 36.5 Å². The van der Waals surface area contributed by atoms with Crippen LogP contribution in [0.3, 0.4) is 0 Å². The van der Waals surface area contributed by atoms with Gasteiger partial charge in [0.05, 0.1) is 6.04 Å². The lowest BCUT2D eigenvalue weighted by Gasteiger charge is -2.48. The highest BCUT2D eigenvalue weighted by Gasteiger charge is 2.38. The Balaban J connectivity index is 1.67. The Hall–Kier alpha value is -1.65. The Morgan fingerprint density at radius 2 is 1.92 bits per heavy atom. The van der Waals surface area contributed by atoms with E-state index in [1.54, 1.807) is 0 Å². The first kappa shape index (κ1) is 17.2. The maximum Gasteiger partial charge on any atom is 0.246 e. The molecule has 0 radical (unpaired) electrons. The van der Waals surface area contributed by atoms with Crippen molar-refractivity contribution < 1.29 is 4.79 Å². The van der Waals surface area contributed by atoms with Crippen molar-refractivity contribution in [2.24, 2.45) is 11.7 Å². The summed E-state index contributed by atoms with van der Waals surface area (Å²) in [7, 11) is 1.87. The number of amides is 1. The summed E-state index contributed by atoms with van der Waals surface area (Å²) in [5.41, 5.74) is 8.52.